The molecule has 1 fully saturated rings. The van der Waals surface area contributed by atoms with Crippen LogP contribution in [0, 0.1) is 0 Å². The summed E-state index contributed by atoms with van der Waals surface area (Å²) in [4.78, 5) is 13.8. The molecule has 2 atom stereocenters. The Kier molecular flexibility index (Phi) is 5.73. The van der Waals surface area contributed by atoms with Crippen molar-refractivity contribution in [1.29, 1.82) is 0 Å². The van der Waals surface area contributed by atoms with Crippen LogP contribution in [0.5, 0.6) is 0 Å². The molecule has 1 aliphatic heterocycles. The van der Waals surface area contributed by atoms with Crippen LogP contribution >= 0.6 is 0 Å². The molecule has 0 aromatic heterocycles. The minimum atomic E-state index is -0.303. The number of nitrogens with two attached hydrogens (primary N) is 1. The minimum Gasteiger partial charge on any atom is -0.465 e. The lowest BCUT2D eigenvalue weighted by Crippen LogP contribution is -2.47. The monoisotopic (exact) mass is 292 g/mol. The number of esters is 1. The number of nitrogens with zero attached hydrogens (tertiary/aromatic N) is 1. The van der Waals surface area contributed by atoms with E-state index in [2.05, 4.69) is 4.90 Å². The highest BCUT2D eigenvalue weighted by molar-refractivity contribution is 5.89. The lowest BCUT2D eigenvalue weighted by molar-refractivity contribution is 0.0102. The summed E-state index contributed by atoms with van der Waals surface area (Å²) in [6, 6.07) is 7.91. The van der Waals surface area contributed by atoms with Crippen molar-refractivity contribution in [3.63, 3.8) is 0 Å². The molecule has 2 rings (SSSR count). The van der Waals surface area contributed by atoms with E-state index in [1.807, 2.05) is 12.1 Å². The van der Waals surface area contributed by atoms with E-state index in [0.29, 0.717) is 24.3 Å². The van der Waals surface area contributed by atoms with Gasteiger partial charge in [-0.25, -0.2) is 4.79 Å². The van der Waals surface area contributed by atoms with Gasteiger partial charge in [0.05, 0.1) is 18.8 Å². The van der Waals surface area contributed by atoms with Crippen molar-refractivity contribution in [2.75, 3.05) is 27.3 Å². The molecule has 116 valence electrons. The molecule has 1 heterocycles. The Morgan fingerprint density at radius 2 is 2.05 bits per heavy atom. The maximum Gasteiger partial charge on any atom is 0.337 e. The summed E-state index contributed by atoms with van der Waals surface area (Å²) < 4.78 is 10.1. The van der Waals surface area contributed by atoms with Gasteiger partial charge in [-0.05, 0) is 30.5 Å². The van der Waals surface area contributed by atoms with E-state index in [9.17, 15) is 4.79 Å². The Bertz CT molecular complexity index is 461. The molecule has 21 heavy (non-hydrogen) atoms. The standard InChI is InChI=1S/C16H24N2O3/c1-20-15-7-8-18(14(9-15)10-17)11-12-3-5-13(6-4-12)16(19)21-2/h3-6,14-15H,7-11,17H2,1-2H3. The molecule has 0 spiro atoms. The molecular formula is C16H24N2O3. The number of likely N-dealkylation sites (tertiary alicyclic amines) is 1. The normalized spacial score (nSPS) is 23.0. The highest BCUT2D eigenvalue weighted by Gasteiger charge is 2.27. The summed E-state index contributed by atoms with van der Waals surface area (Å²) in [6.07, 6.45) is 2.33. The summed E-state index contributed by atoms with van der Waals surface area (Å²) in [5.74, 6) is -0.303. The first-order chi connectivity index (χ1) is 10.2. The van der Waals surface area contributed by atoms with Gasteiger partial charge in [-0.15, -0.1) is 0 Å². The number of rotatable bonds is 5. The Labute approximate surface area is 126 Å². The molecule has 5 heteroatoms. The Morgan fingerprint density at radius 1 is 1.33 bits per heavy atom. The van der Waals surface area contributed by atoms with Gasteiger partial charge < -0.3 is 15.2 Å². The molecule has 1 saturated heterocycles. The number of carbonyl (C=O) groups is 1. The Hall–Kier alpha value is -1.43. The van der Waals surface area contributed by atoms with Crippen LogP contribution in [0.2, 0.25) is 0 Å². The smallest absolute Gasteiger partial charge is 0.337 e. The minimum absolute atomic E-state index is 0.303. The summed E-state index contributed by atoms with van der Waals surface area (Å²) in [5, 5.41) is 0. The predicted octanol–water partition coefficient (Wildman–Crippen LogP) is 1.41. The number of benzene rings is 1. The number of hydrogen-bond donors (Lipinski definition) is 1. The van der Waals surface area contributed by atoms with E-state index >= 15 is 0 Å². The third-order valence-electron chi connectivity index (χ3n) is 4.16. The van der Waals surface area contributed by atoms with Gasteiger partial charge in [0.25, 0.3) is 0 Å². The van der Waals surface area contributed by atoms with Crippen LogP contribution in [0.15, 0.2) is 24.3 Å². The van der Waals surface area contributed by atoms with Crippen molar-refractivity contribution in [3.05, 3.63) is 35.4 Å². The maximum absolute atomic E-state index is 11.4. The lowest BCUT2D eigenvalue weighted by atomic mass is 9.98. The zero-order valence-electron chi connectivity index (χ0n) is 12.7. The first kappa shape index (κ1) is 15.9. The average Bonchev–Trinajstić information content (AvgIpc) is 2.55. The van der Waals surface area contributed by atoms with Gasteiger partial charge in [0.2, 0.25) is 0 Å². The van der Waals surface area contributed by atoms with Crippen molar-refractivity contribution < 1.29 is 14.3 Å². The average molecular weight is 292 g/mol. The van der Waals surface area contributed by atoms with Crippen molar-refractivity contribution in [2.45, 2.75) is 31.5 Å². The van der Waals surface area contributed by atoms with Crippen molar-refractivity contribution in [1.82, 2.24) is 4.90 Å². The molecule has 2 unspecified atom stereocenters. The summed E-state index contributed by atoms with van der Waals surface area (Å²) in [5.41, 5.74) is 7.64. The zero-order valence-corrected chi connectivity index (χ0v) is 12.7. The molecule has 2 N–H and O–H groups in total. The zero-order chi connectivity index (χ0) is 15.2. The second-order valence-corrected chi connectivity index (χ2v) is 5.43. The fourth-order valence-electron chi connectivity index (χ4n) is 2.83. The molecule has 5 nitrogen and oxygen atoms in total. The Balaban J connectivity index is 1.99. The fourth-order valence-corrected chi connectivity index (χ4v) is 2.83. The molecule has 1 aliphatic rings. The molecule has 0 radical (unpaired) electrons. The number of hydrogen-bond acceptors (Lipinski definition) is 5. The van der Waals surface area contributed by atoms with Crippen LogP contribution in [0.3, 0.4) is 0 Å². The van der Waals surface area contributed by atoms with Gasteiger partial charge in [-0.1, -0.05) is 12.1 Å². The maximum atomic E-state index is 11.4. The molecule has 1 aromatic rings. The van der Waals surface area contributed by atoms with E-state index in [1.54, 1.807) is 19.2 Å². The van der Waals surface area contributed by atoms with Crippen LogP contribution < -0.4 is 5.73 Å². The second-order valence-electron chi connectivity index (χ2n) is 5.43. The highest BCUT2D eigenvalue weighted by atomic mass is 16.5. The quantitative estimate of drug-likeness (QED) is 0.831. The molecular weight excluding hydrogens is 268 g/mol. The first-order valence-corrected chi connectivity index (χ1v) is 7.32. The van der Waals surface area contributed by atoms with Crippen LogP contribution in [-0.2, 0) is 16.0 Å². The van der Waals surface area contributed by atoms with Gasteiger partial charge >= 0.3 is 5.97 Å². The lowest BCUT2D eigenvalue weighted by Gasteiger charge is -2.38. The van der Waals surface area contributed by atoms with E-state index in [-0.39, 0.29) is 5.97 Å². The number of methoxy groups -OCH3 is 2. The number of ether oxygens (including phenoxy) is 2. The van der Waals surface area contributed by atoms with E-state index < -0.39 is 0 Å². The molecule has 0 aliphatic carbocycles. The largest absolute Gasteiger partial charge is 0.465 e. The van der Waals surface area contributed by atoms with Gasteiger partial charge in [-0.3, -0.25) is 4.90 Å². The number of piperidine rings is 1. The van der Waals surface area contributed by atoms with Crippen LogP contribution in [-0.4, -0.2) is 50.3 Å². The Morgan fingerprint density at radius 3 is 2.62 bits per heavy atom. The van der Waals surface area contributed by atoms with E-state index in [0.717, 1.165) is 25.9 Å². The van der Waals surface area contributed by atoms with E-state index in [4.69, 9.17) is 15.2 Å². The van der Waals surface area contributed by atoms with Crippen LogP contribution in [0.25, 0.3) is 0 Å². The fraction of sp³-hybridized carbons (Fsp3) is 0.562. The van der Waals surface area contributed by atoms with Gasteiger partial charge in [0, 0.05) is 32.8 Å². The summed E-state index contributed by atoms with van der Waals surface area (Å²) in [6.45, 7) is 2.47. The second kappa shape index (κ2) is 7.54. The molecule has 1 aromatic carbocycles. The molecule has 0 amide bonds. The van der Waals surface area contributed by atoms with Crippen LogP contribution in [0.4, 0.5) is 0 Å². The third kappa shape index (κ3) is 4.03. The van der Waals surface area contributed by atoms with Crippen molar-refractivity contribution in [3.8, 4) is 0 Å². The third-order valence-corrected chi connectivity index (χ3v) is 4.16. The van der Waals surface area contributed by atoms with Gasteiger partial charge in [0.1, 0.15) is 0 Å². The SMILES string of the molecule is COC(=O)c1ccc(CN2CCC(OC)CC2CN)cc1. The van der Waals surface area contributed by atoms with Crippen molar-refractivity contribution in [2.24, 2.45) is 5.73 Å². The van der Waals surface area contributed by atoms with Crippen molar-refractivity contribution >= 4 is 5.97 Å². The topological polar surface area (TPSA) is 64.8 Å². The molecule has 0 bridgehead atoms. The van der Waals surface area contributed by atoms with Crippen LogP contribution in [0.1, 0.15) is 28.8 Å². The summed E-state index contributed by atoms with van der Waals surface area (Å²) >= 11 is 0. The van der Waals surface area contributed by atoms with E-state index in [1.165, 1.54) is 12.7 Å². The highest BCUT2D eigenvalue weighted by Crippen LogP contribution is 2.21. The summed E-state index contributed by atoms with van der Waals surface area (Å²) in [7, 11) is 3.15. The number of carbonyl (C=O) groups excluding carboxylic acids is 1. The van der Waals surface area contributed by atoms with Gasteiger partial charge in [-0.2, -0.15) is 0 Å². The predicted molar refractivity (Wildman–Crippen MR) is 81.1 cm³/mol. The molecule has 0 saturated carbocycles. The first-order valence-electron chi connectivity index (χ1n) is 7.32. The van der Waals surface area contributed by atoms with Gasteiger partial charge in [0.15, 0.2) is 0 Å².